The predicted octanol–water partition coefficient (Wildman–Crippen LogP) is 1.05. The molecule has 0 spiro atoms. The number of carboxylic acid groups (broad SMARTS) is 1. The summed E-state index contributed by atoms with van der Waals surface area (Å²) in [6.45, 7) is 4.66. The van der Waals surface area contributed by atoms with Crippen LogP contribution in [0.3, 0.4) is 0 Å². The third-order valence-corrected chi connectivity index (χ3v) is 3.90. The van der Waals surface area contributed by atoms with E-state index in [9.17, 15) is 9.59 Å². The van der Waals surface area contributed by atoms with E-state index < -0.39 is 6.09 Å². The summed E-state index contributed by atoms with van der Waals surface area (Å²) in [5, 5.41) is 9.05. The summed E-state index contributed by atoms with van der Waals surface area (Å²) in [7, 11) is 1.53. The Morgan fingerprint density at radius 3 is 2.45 bits per heavy atom. The first-order valence-corrected chi connectivity index (χ1v) is 7.21. The van der Waals surface area contributed by atoms with Crippen molar-refractivity contribution in [3.8, 4) is 0 Å². The molecule has 0 bridgehead atoms. The molecule has 2 rings (SSSR count). The molecule has 1 aromatic rings. The van der Waals surface area contributed by atoms with E-state index in [1.54, 1.807) is 6.92 Å². The van der Waals surface area contributed by atoms with E-state index in [4.69, 9.17) is 10.8 Å². The Balaban J connectivity index is 2.17. The van der Waals surface area contributed by atoms with Crippen molar-refractivity contribution in [2.45, 2.75) is 13.5 Å². The molecule has 0 aromatic heterocycles. The van der Waals surface area contributed by atoms with Crippen molar-refractivity contribution in [1.29, 1.82) is 0 Å². The minimum Gasteiger partial charge on any atom is -0.465 e. The monoisotopic (exact) mass is 306 g/mol. The SMILES string of the molecule is CC(=O)N1CCN(c2ccc(N)cc2CN(C)C(=O)O)CC1. The van der Waals surface area contributed by atoms with Gasteiger partial charge in [0.05, 0.1) is 6.54 Å². The van der Waals surface area contributed by atoms with E-state index >= 15 is 0 Å². The third kappa shape index (κ3) is 3.60. The van der Waals surface area contributed by atoms with E-state index in [1.807, 2.05) is 23.1 Å². The molecule has 3 N–H and O–H groups in total. The molecule has 7 nitrogen and oxygen atoms in total. The molecular weight excluding hydrogens is 284 g/mol. The van der Waals surface area contributed by atoms with E-state index in [0.29, 0.717) is 18.8 Å². The Morgan fingerprint density at radius 1 is 1.27 bits per heavy atom. The Hall–Kier alpha value is -2.44. The third-order valence-electron chi connectivity index (χ3n) is 3.90. The molecule has 1 aliphatic rings. The van der Waals surface area contributed by atoms with Crippen LogP contribution in [-0.2, 0) is 11.3 Å². The van der Waals surface area contributed by atoms with Gasteiger partial charge in [0.1, 0.15) is 0 Å². The molecule has 0 atom stereocenters. The maximum Gasteiger partial charge on any atom is 0.407 e. The van der Waals surface area contributed by atoms with Gasteiger partial charge in [-0.05, 0) is 23.8 Å². The summed E-state index contributed by atoms with van der Waals surface area (Å²) in [5.74, 6) is 0.0859. The van der Waals surface area contributed by atoms with E-state index in [1.165, 1.54) is 11.9 Å². The lowest BCUT2D eigenvalue weighted by Crippen LogP contribution is -2.48. The van der Waals surface area contributed by atoms with Crippen LogP contribution in [0.5, 0.6) is 0 Å². The van der Waals surface area contributed by atoms with Gasteiger partial charge in [0.2, 0.25) is 5.91 Å². The number of amides is 2. The van der Waals surface area contributed by atoms with Gasteiger partial charge in [0.25, 0.3) is 0 Å². The Labute approximate surface area is 129 Å². The molecule has 2 amide bonds. The Bertz CT molecular complexity index is 568. The van der Waals surface area contributed by atoms with Crippen molar-refractivity contribution in [2.24, 2.45) is 0 Å². The lowest BCUT2D eigenvalue weighted by molar-refractivity contribution is -0.129. The van der Waals surface area contributed by atoms with Crippen LogP contribution in [0, 0.1) is 0 Å². The number of hydrogen-bond donors (Lipinski definition) is 2. The van der Waals surface area contributed by atoms with Gasteiger partial charge in [-0.2, -0.15) is 0 Å². The molecule has 0 radical (unpaired) electrons. The van der Waals surface area contributed by atoms with Crippen molar-refractivity contribution >= 4 is 23.4 Å². The number of nitrogens with zero attached hydrogens (tertiary/aromatic N) is 3. The highest BCUT2D eigenvalue weighted by Gasteiger charge is 2.21. The van der Waals surface area contributed by atoms with Crippen LogP contribution in [0.25, 0.3) is 0 Å². The maximum atomic E-state index is 11.4. The number of piperazine rings is 1. The average molecular weight is 306 g/mol. The summed E-state index contributed by atoms with van der Waals surface area (Å²) >= 11 is 0. The highest BCUT2D eigenvalue weighted by atomic mass is 16.4. The molecule has 0 aliphatic carbocycles. The lowest BCUT2D eigenvalue weighted by Gasteiger charge is -2.37. The standard InChI is InChI=1S/C15H22N4O3/c1-11(20)18-5-7-19(8-6-18)14-4-3-13(16)9-12(14)10-17(2)15(21)22/h3-4,9H,5-8,10,16H2,1-2H3,(H,21,22). The van der Waals surface area contributed by atoms with Crippen molar-refractivity contribution in [2.75, 3.05) is 43.9 Å². The van der Waals surface area contributed by atoms with Gasteiger partial charge in [-0.25, -0.2) is 4.79 Å². The summed E-state index contributed by atoms with van der Waals surface area (Å²) in [5.41, 5.74) is 8.30. The highest BCUT2D eigenvalue weighted by molar-refractivity contribution is 5.73. The fourth-order valence-corrected chi connectivity index (χ4v) is 2.63. The maximum absolute atomic E-state index is 11.4. The zero-order valence-electron chi connectivity index (χ0n) is 13.0. The zero-order chi connectivity index (χ0) is 16.3. The molecule has 120 valence electrons. The van der Waals surface area contributed by atoms with Crippen LogP contribution in [0.15, 0.2) is 18.2 Å². The zero-order valence-corrected chi connectivity index (χ0v) is 13.0. The summed E-state index contributed by atoms with van der Waals surface area (Å²) in [6, 6.07) is 5.55. The van der Waals surface area contributed by atoms with Crippen molar-refractivity contribution in [1.82, 2.24) is 9.80 Å². The second-order valence-corrected chi connectivity index (χ2v) is 5.52. The first-order valence-electron chi connectivity index (χ1n) is 7.21. The van der Waals surface area contributed by atoms with Crippen LogP contribution in [0.2, 0.25) is 0 Å². The molecular formula is C15H22N4O3. The first kappa shape index (κ1) is 15.9. The molecule has 7 heteroatoms. The molecule has 1 saturated heterocycles. The summed E-state index contributed by atoms with van der Waals surface area (Å²) in [6.07, 6.45) is -0.977. The largest absolute Gasteiger partial charge is 0.465 e. The van der Waals surface area contributed by atoms with Crippen molar-refractivity contribution in [3.63, 3.8) is 0 Å². The molecule has 1 aliphatic heterocycles. The molecule has 0 unspecified atom stereocenters. The highest BCUT2D eigenvalue weighted by Crippen LogP contribution is 2.25. The lowest BCUT2D eigenvalue weighted by atomic mass is 10.1. The van der Waals surface area contributed by atoms with E-state index in [-0.39, 0.29) is 12.5 Å². The van der Waals surface area contributed by atoms with Crippen molar-refractivity contribution < 1.29 is 14.7 Å². The van der Waals surface area contributed by atoms with Crippen LogP contribution in [0.4, 0.5) is 16.2 Å². The number of hydrogen-bond acceptors (Lipinski definition) is 4. The smallest absolute Gasteiger partial charge is 0.407 e. The fraction of sp³-hybridized carbons (Fsp3) is 0.467. The summed E-state index contributed by atoms with van der Waals surface area (Å²) in [4.78, 5) is 27.6. The second-order valence-electron chi connectivity index (χ2n) is 5.52. The van der Waals surface area contributed by atoms with Gasteiger partial charge < -0.3 is 25.5 Å². The second kappa shape index (κ2) is 6.55. The minimum atomic E-state index is -0.977. The first-order chi connectivity index (χ1) is 10.4. The van der Waals surface area contributed by atoms with Crippen LogP contribution < -0.4 is 10.6 Å². The van der Waals surface area contributed by atoms with Crippen LogP contribution in [0.1, 0.15) is 12.5 Å². The average Bonchev–Trinajstić information content (AvgIpc) is 2.47. The number of anilines is 2. The number of nitrogen functional groups attached to an aromatic ring is 1. The number of carbonyl (C=O) groups excluding carboxylic acids is 1. The molecule has 1 aromatic carbocycles. The quantitative estimate of drug-likeness (QED) is 0.815. The van der Waals surface area contributed by atoms with Gasteiger partial charge in [-0.15, -0.1) is 0 Å². The topological polar surface area (TPSA) is 90.1 Å². The van der Waals surface area contributed by atoms with Gasteiger partial charge >= 0.3 is 6.09 Å². The van der Waals surface area contributed by atoms with Crippen molar-refractivity contribution in [3.05, 3.63) is 23.8 Å². The van der Waals surface area contributed by atoms with Gasteiger partial charge in [-0.3, -0.25) is 4.79 Å². The molecule has 1 fully saturated rings. The van der Waals surface area contributed by atoms with Gasteiger partial charge in [0, 0.05) is 51.5 Å². The Morgan fingerprint density at radius 2 is 1.91 bits per heavy atom. The minimum absolute atomic E-state index is 0.0859. The number of carbonyl (C=O) groups is 2. The van der Waals surface area contributed by atoms with Crippen LogP contribution >= 0.6 is 0 Å². The predicted molar refractivity (Wildman–Crippen MR) is 84.8 cm³/mol. The number of nitrogens with two attached hydrogens (primary N) is 1. The summed E-state index contributed by atoms with van der Waals surface area (Å²) < 4.78 is 0. The molecule has 22 heavy (non-hydrogen) atoms. The van der Waals surface area contributed by atoms with Crippen LogP contribution in [-0.4, -0.2) is 60.1 Å². The van der Waals surface area contributed by atoms with E-state index in [0.717, 1.165) is 24.3 Å². The molecule has 0 saturated carbocycles. The Kier molecular flexibility index (Phi) is 4.75. The molecule has 1 heterocycles. The normalized spacial score (nSPS) is 14.8. The van der Waals surface area contributed by atoms with E-state index in [2.05, 4.69) is 4.90 Å². The number of rotatable bonds is 3. The number of benzene rings is 1. The fourth-order valence-electron chi connectivity index (χ4n) is 2.63. The van der Waals surface area contributed by atoms with Gasteiger partial charge in [0.15, 0.2) is 0 Å². The van der Waals surface area contributed by atoms with Gasteiger partial charge in [-0.1, -0.05) is 0 Å².